The van der Waals surface area contributed by atoms with E-state index in [0.717, 1.165) is 32.5 Å². The molecule has 0 bridgehead atoms. The van der Waals surface area contributed by atoms with Crippen molar-refractivity contribution in [3.8, 4) is 0 Å². The van der Waals surface area contributed by atoms with Crippen molar-refractivity contribution in [1.29, 1.82) is 0 Å². The molecule has 1 saturated heterocycles. The Kier molecular flexibility index (Phi) is 6.23. The average Bonchev–Trinajstić information content (AvgIpc) is 2.26. The molecule has 1 aliphatic heterocycles. The summed E-state index contributed by atoms with van der Waals surface area (Å²) >= 11 is 0. The summed E-state index contributed by atoms with van der Waals surface area (Å²) in [4.78, 5) is 2.08. The molecule has 0 aromatic carbocycles. The van der Waals surface area contributed by atoms with Gasteiger partial charge in [-0.05, 0) is 51.4 Å². The Labute approximate surface area is 118 Å². The number of sulfonamides is 1. The summed E-state index contributed by atoms with van der Waals surface area (Å²) in [5.74, 6) is 0.501. The molecule has 0 spiro atoms. The van der Waals surface area contributed by atoms with Crippen LogP contribution in [0.25, 0.3) is 0 Å². The monoisotopic (exact) mass is 291 g/mol. The van der Waals surface area contributed by atoms with Crippen LogP contribution in [-0.2, 0) is 10.0 Å². The Balaban J connectivity index is 2.41. The zero-order valence-electron chi connectivity index (χ0n) is 12.7. The van der Waals surface area contributed by atoms with Gasteiger partial charge in [0.05, 0.1) is 5.75 Å². The van der Waals surface area contributed by atoms with E-state index in [9.17, 15) is 8.42 Å². The van der Waals surface area contributed by atoms with Crippen LogP contribution in [0.2, 0.25) is 0 Å². The van der Waals surface area contributed by atoms with Crippen molar-refractivity contribution in [2.45, 2.75) is 26.7 Å². The van der Waals surface area contributed by atoms with Gasteiger partial charge in [0, 0.05) is 13.1 Å². The molecule has 114 valence electrons. The van der Waals surface area contributed by atoms with Crippen LogP contribution in [0.3, 0.4) is 0 Å². The molecular weight excluding hydrogens is 262 g/mol. The molecule has 1 fully saturated rings. The first-order valence-corrected chi connectivity index (χ1v) is 8.68. The highest BCUT2D eigenvalue weighted by Gasteiger charge is 2.25. The molecule has 1 atom stereocenters. The SMILES string of the molecule is CN(C)CC(C)(C)CNS(=O)(=O)CC1CCCNC1. The quantitative estimate of drug-likeness (QED) is 0.717. The van der Waals surface area contributed by atoms with E-state index in [1.165, 1.54) is 0 Å². The highest BCUT2D eigenvalue weighted by Crippen LogP contribution is 2.16. The lowest BCUT2D eigenvalue weighted by Crippen LogP contribution is -2.43. The van der Waals surface area contributed by atoms with Crippen LogP contribution in [-0.4, -0.2) is 59.3 Å². The summed E-state index contributed by atoms with van der Waals surface area (Å²) in [6, 6.07) is 0. The van der Waals surface area contributed by atoms with Gasteiger partial charge in [-0.3, -0.25) is 0 Å². The minimum atomic E-state index is -3.16. The molecule has 0 aliphatic carbocycles. The van der Waals surface area contributed by atoms with Crippen LogP contribution in [0, 0.1) is 11.3 Å². The van der Waals surface area contributed by atoms with Gasteiger partial charge in [0.15, 0.2) is 0 Å². The van der Waals surface area contributed by atoms with Gasteiger partial charge in [-0.1, -0.05) is 13.8 Å². The first kappa shape index (κ1) is 16.9. The second-order valence-electron chi connectivity index (χ2n) is 6.72. The van der Waals surface area contributed by atoms with E-state index >= 15 is 0 Å². The van der Waals surface area contributed by atoms with Gasteiger partial charge < -0.3 is 10.2 Å². The Morgan fingerprint density at radius 2 is 2.05 bits per heavy atom. The Bertz CT molecular complexity index is 360. The topological polar surface area (TPSA) is 61.4 Å². The maximum Gasteiger partial charge on any atom is 0.211 e. The number of nitrogens with zero attached hydrogens (tertiary/aromatic N) is 1. The maximum absolute atomic E-state index is 12.1. The highest BCUT2D eigenvalue weighted by atomic mass is 32.2. The summed E-state index contributed by atoms with van der Waals surface area (Å²) in [5.41, 5.74) is -0.0542. The van der Waals surface area contributed by atoms with Gasteiger partial charge >= 0.3 is 0 Å². The molecule has 0 aromatic heterocycles. The van der Waals surface area contributed by atoms with E-state index in [4.69, 9.17) is 0 Å². The predicted molar refractivity (Wildman–Crippen MR) is 79.7 cm³/mol. The van der Waals surface area contributed by atoms with Gasteiger partial charge in [0.1, 0.15) is 0 Å². The minimum absolute atomic E-state index is 0.0542. The fourth-order valence-corrected chi connectivity index (χ4v) is 4.29. The highest BCUT2D eigenvalue weighted by molar-refractivity contribution is 7.89. The van der Waals surface area contributed by atoms with Gasteiger partial charge in [0.25, 0.3) is 0 Å². The lowest BCUT2D eigenvalue weighted by molar-refractivity contribution is 0.242. The van der Waals surface area contributed by atoms with E-state index in [1.807, 2.05) is 14.1 Å². The van der Waals surface area contributed by atoms with Gasteiger partial charge in [-0.2, -0.15) is 0 Å². The number of nitrogens with one attached hydrogen (secondary N) is 2. The molecule has 5 nitrogen and oxygen atoms in total. The molecule has 0 radical (unpaired) electrons. The van der Waals surface area contributed by atoms with E-state index < -0.39 is 10.0 Å². The van der Waals surface area contributed by atoms with Crippen LogP contribution in [0.4, 0.5) is 0 Å². The lowest BCUT2D eigenvalue weighted by Gasteiger charge is -2.29. The number of piperidine rings is 1. The van der Waals surface area contributed by atoms with Gasteiger partial charge in [-0.15, -0.1) is 0 Å². The van der Waals surface area contributed by atoms with Crippen molar-refractivity contribution in [1.82, 2.24) is 14.9 Å². The van der Waals surface area contributed by atoms with E-state index in [2.05, 4.69) is 28.8 Å². The van der Waals surface area contributed by atoms with Crippen molar-refractivity contribution in [2.75, 3.05) is 46.0 Å². The number of rotatable bonds is 7. The zero-order chi connectivity index (χ0) is 14.5. The third kappa shape index (κ3) is 7.25. The summed E-state index contributed by atoms with van der Waals surface area (Å²) in [7, 11) is 0.849. The minimum Gasteiger partial charge on any atom is -0.316 e. The molecule has 1 unspecified atom stereocenters. The van der Waals surface area contributed by atoms with E-state index in [0.29, 0.717) is 6.54 Å². The molecule has 0 amide bonds. The summed E-state index contributed by atoms with van der Waals surface area (Å²) < 4.78 is 26.9. The standard InChI is InChI=1S/C13H29N3O2S/c1-13(2,11-16(3)4)10-15-19(17,18)9-12-6-5-7-14-8-12/h12,14-15H,5-11H2,1-4H3. The van der Waals surface area contributed by atoms with Crippen molar-refractivity contribution in [3.05, 3.63) is 0 Å². The Morgan fingerprint density at radius 1 is 1.37 bits per heavy atom. The van der Waals surface area contributed by atoms with Crippen LogP contribution < -0.4 is 10.0 Å². The predicted octanol–water partition coefficient (Wildman–Crippen LogP) is 0.493. The molecule has 6 heteroatoms. The van der Waals surface area contributed by atoms with Crippen LogP contribution in [0.15, 0.2) is 0 Å². The van der Waals surface area contributed by atoms with Crippen LogP contribution in [0.5, 0.6) is 0 Å². The normalized spacial score (nSPS) is 21.8. The first-order chi connectivity index (χ1) is 8.70. The lowest BCUT2D eigenvalue weighted by atomic mass is 9.93. The largest absolute Gasteiger partial charge is 0.316 e. The van der Waals surface area contributed by atoms with Crippen molar-refractivity contribution in [2.24, 2.45) is 11.3 Å². The fraction of sp³-hybridized carbons (Fsp3) is 1.00. The summed E-state index contributed by atoms with van der Waals surface area (Å²) in [6.07, 6.45) is 2.08. The van der Waals surface area contributed by atoms with E-state index in [1.54, 1.807) is 0 Å². The summed E-state index contributed by atoms with van der Waals surface area (Å²) in [5, 5.41) is 3.26. The van der Waals surface area contributed by atoms with E-state index in [-0.39, 0.29) is 17.1 Å². The molecule has 1 rings (SSSR count). The average molecular weight is 291 g/mol. The smallest absolute Gasteiger partial charge is 0.211 e. The molecule has 0 saturated carbocycles. The van der Waals surface area contributed by atoms with Crippen molar-refractivity contribution < 1.29 is 8.42 Å². The van der Waals surface area contributed by atoms with Gasteiger partial charge in [-0.25, -0.2) is 13.1 Å². The van der Waals surface area contributed by atoms with Crippen LogP contribution in [0.1, 0.15) is 26.7 Å². The van der Waals surface area contributed by atoms with Crippen molar-refractivity contribution in [3.63, 3.8) is 0 Å². The van der Waals surface area contributed by atoms with Gasteiger partial charge in [0.2, 0.25) is 10.0 Å². The van der Waals surface area contributed by atoms with Crippen LogP contribution >= 0.6 is 0 Å². The zero-order valence-corrected chi connectivity index (χ0v) is 13.5. The maximum atomic E-state index is 12.1. The van der Waals surface area contributed by atoms with Crippen molar-refractivity contribution >= 4 is 10.0 Å². The molecule has 19 heavy (non-hydrogen) atoms. The first-order valence-electron chi connectivity index (χ1n) is 7.03. The third-order valence-electron chi connectivity index (χ3n) is 3.37. The number of hydrogen-bond donors (Lipinski definition) is 2. The Hall–Kier alpha value is -0.170. The second-order valence-corrected chi connectivity index (χ2v) is 8.57. The molecule has 2 N–H and O–H groups in total. The summed E-state index contributed by atoms with van der Waals surface area (Å²) in [6.45, 7) is 7.35. The Morgan fingerprint density at radius 3 is 2.58 bits per heavy atom. The molecule has 0 aromatic rings. The molecule has 1 heterocycles. The number of hydrogen-bond acceptors (Lipinski definition) is 4. The third-order valence-corrected chi connectivity index (χ3v) is 4.86. The second kappa shape index (κ2) is 7.02. The molecular formula is C13H29N3O2S. The molecule has 1 aliphatic rings. The fourth-order valence-electron chi connectivity index (χ4n) is 2.65.